The molecule has 23 heavy (non-hydrogen) atoms. The third-order valence-corrected chi connectivity index (χ3v) is 4.53. The lowest BCUT2D eigenvalue weighted by molar-refractivity contribution is -0.137. The van der Waals surface area contributed by atoms with E-state index in [1.54, 1.807) is 4.90 Å². The fourth-order valence-electron chi connectivity index (χ4n) is 3.07. The molecule has 2 aliphatic heterocycles. The third-order valence-electron chi connectivity index (χ3n) is 4.53. The standard InChI is InChI=1S/C17H22N2O4/c1-3-11(2)19-13(5-7-16(19)20)17(21)18-9-12-4-6-14-15(8-12)23-10-22-14/h4,6,8,11,13H,3,5,7,9-10H2,1-2H3,(H,18,21). The van der Waals surface area contributed by atoms with E-state index in [9.17, 15) is 9.59 Å². The van der Waals surface area contributed by atoms with Crippen molar-refractivity contribution in [1.29, 1.82) is 0 Å². The number of ether oxygens (including phenoxy) is 2. The molecular formula is C17H22N2O4. The quantitative estimate of drug-likeness (QED) is 0.899. The number of fused-ring (bicyclic) bond motifs is 1. The van der Waals surface area contributed by atoms with Gasteiger partial charge in [-0.25, -0.2) is 0 Å². The summed E-state index contributed by atoms with van der Waals surface area (Å²) in [6, 6.07) is 5.35. The highest BCUT2D eigenvalue weighted by molar-refractivity contribution is 5.91. The molecule has 0 bridgehead atoms. The number of carbonyl (C=O) groups is 2. The van der Waals surface area contributed by atoms with Crippen LogP contribution in [0, 0.1) is 0 Å². The molecular weight excluding hydrogens is 296 g/mol. The molecule has 2 unspecified atom stereocenters. The Balaban J connectivity index is 1.61. The van der Waals surface area contributed by atoms with Gasteiger partial charge in [-0.15, -0.1) is 0 Å². The van der Waals surface area contributed by atoms with Gasteiger partial charge in [0.2, 0.25) is 18.6 Å². The van der Waals surface area contributed by atoms with Crippen molar-refractivity contribution in [2.45, 2.75) is 51.7 Å². The molecule has 0 radical (unpaired) electrons. The van der Waals surface area contributed by atoms with E-state index in [2.05, 4.69) is 5.32 Å². The highest BCUT2D eigenvalue weighted by Crippen LogP contribution is 2.32. The number of nitrogens with one attached hydrogen (secondary N) is 1. The van der Waals surface area contributed by atoms with Crippen LogP contribution in [0.2, 0.25) is 0 Å². The Morgan fingerprint density at radius 1 is 1.39 bits per heavy atom. The van der Waals surface area contributed by atoms with Crippen molar-refractivity contribution >= 4 is 11.8 Å². The zero-order chi connectivity index (χ0) is 16.4. The average Bonchev–Trinajstić information content (AvgIpc) is 3.17. The molecule has 0 saturated carbocycles. The van der Waals surface area contributed by atoms with Crippen LogP contribution in [-0.2, 0) is 16.1 Å². The van der Waals surface area contributed by atoms with Crippen LogP contribution in [0.4, 0.5) is 0 Å². The molecule has 1 saturated heterocycles. The van der Waals surface area contributed by atoms with Gasteiger partial charge in [0, 0.05) is 19.0 Å². The van der Waals surface area contributed by atoms with Gasteiger partial charge < -0.3 is 19.7 Å². The van der Waals surface area contributed by atoms with Crippen LogP contribution >= 0.6 is 0 Å². The van der Waals surface area contributed by atoms with Gasteiger partial charge in [0.1, 0.15) is 6.04 Å². The lowest BCUT2D eigenvalue weighted by atomic mass is 10.1. The van der Waals surface area contributed by atoms with E-state index < -0.39 is 0 Å². The van der Waals surface area contributed by atoms with Gasteiger partial charge in [0.15, 0.2) is 11.5 Å². The molecule has 1 aromatic carbocycles. The summed E-state index contributed by atoms with van der Waals surface area (Å²) in [7, 11) is 0. The molecule has 3 rings (SSSR count). The Kier molecular flexibility index (Phi) is 4.41. The number of benzene rings is 1. The number of carbonyl (C=O) groups excluding carboxylic acids is 2. The number of hydrogen-bond donors (Lipinski definition) is 1. The van der Waals surface area contributed by atoms with Crippen molar-refractivity contribution in [3.8, 4) is 11.5 Å². The molecule has 2 heterocycles. The summed E-state index contributed by atoms with van der Waals surface area (Å²) in [5.74, 6) is 1.41. The highest BCUT2D eigenvalue weighted by Gasteiger charge is 2.38. The SMILES string of the molecule is CCC(C)N1C(=O)CCC1C(=O)NCc1ccc2c(c1)OCO2. The fourth-order valence-corrected chi connectivity index (χ4v) is 3.07. The van der Waals surface area contributed by atoms with Gasteiger partial charge in [-0.1, -0.05) is 13.0 Å². The van der Waals surface area contributed by atoms with E-state index in [4.69, 9.17) is 9.47 Å². The van der Waals surface area contributed by atoms with E-state index in [1.165, 1.54) is 0 Å². The van der Waals surface area contributed by atoms with Crippen molar-refractivity contribution in [3.05, 3.63) is 23.8 Å². The summed E-state index contributed by atoms with van der Waals surface area (Å²) in [5, 5.41) is 2.93. The van der Waals surface area contributed by atoms with Gasteiger partial charge >= 0.3 is 0 Å². The molecule has 0 aromatic heterocycles. The summed E-state index contributed by atoms with van der Waals surface area (Å²) in [6.07, 6.45) is 1.89. The van der Waals surface area contributed by atoms with Gasteiger partial charge in [-0.2, -0.15) is 0 Å². The summed E-state index contributed by atoms with van der Waals surface area (Å²) in [6.45, 7) is 4.66. The Morgan fingerprint density at radius 3 is 2.96 bits per heavy atom. The van der Waals surface area contributed by atoms with Crippen LogP contribution < -0.4 is 14.8 Å². The number of nitrogens with zero attached hydrogens (tertiary/aromatic N) is 1. The normalized spacial score (nSPS) is 20.7. The maximum absolute atomic E-state index is 12.5. The van der Waals surface area contributed by atoms with Crippen LogP contribution in [0.5, 0.6) is 11.5 Å². The second-order valence-electron chi connectivity index (χ2n) is 6.02. The smallest absolute Gasteiger partial charge is 0.243 e. The first-order valence-corrected chi connectivity index (χ1v) is 8.07. The fraction of sp³-hybridized carbons (Fsp3) is 0.529. The predicted octanol–water partition coefficient (Wildman–Crippen LogP) is 1.82. The second-order valence-corrected chi connectivity index (χ2v) is 6.02. The van der Waals surface area contributed by atoms with Crippen LogP contribution in [0.3, 0.4) is 0 Å². The van der Waals surface area contributed by atoms with E-state index >= 15 is 0 Å². The van der Waals surface area contributed by atoms with Gasteiger partial charge in [0.05, 0.1) is 0 Å². The molecule has 2 amide bonds. The molecule has 1 N–H and O–H groups in total. The summed E-state index contributed by atoms with van der Waals surface area (Å²) < 4.78 is 10.6. The van der Waals surface area contributed by atoms with E-state index in [-0.39, 0.29) is 30.7 Å². The minimum Gasteiger partial charge on any atom is -0.454 e. The lowest BCUT2D eigenvalue weighted by Gasteiger charge is -2.29. The summed E-state index contributed by atoms with van der Waals surface area (Å²) in [5.41, 5.74) is 0.946. The first-order chi connectivity index (χ1) is 11.1. The van der Waals surface area contributed by atoms with Crippen LogP contribution in [0.25, 0.3) is 0 Å². The number of rotatable bonds is 5. The van der Waals surface area contributed by atoms with E-state index in [0.717, 1.165) is 17.7 Å². The minimum absolute atomic E-state index is 0.0718. The van der Waals surface area contributed by atoms with Crippen molar-refractivity contribution < 1.29 is 19.1 Å². The topological polar surface area (TPSA) is 67.9 Å². The number of likely N-dealkylation sites (tertiary alicyclic amines) is 1. The molecule has 1 fully saturated rings. The summed E-state index contributed by atoms with van der Waals surface area (Å²) in [4.78, 5) is 26.2. The van der Waals surface area contributed by atoms with Crippen molar-refractivity contribution in [2.24, 2.45) is 0 Å². The Labute approximate surface area is 135 Å². The summed E-state index contributed by atoms with van der Waals surface area (Å²) >= 11 is 0. The van der Waals surface area contributed by atoms with E-state index in [0.29, 0.717) is 25.1 Å². The molecule has 6 heteroatoms. The number of amides is 2. The van der Waals surface area contributed by atoms with Crippen molar-refractivity contribution in [3.63, 3.8) is 0 Å². The van der Waals surface area contributed by atoms with Crippen molar-refractivity contribution in [2.75, 3.05) is 6.79 Å². The first-order valence-electron chi connectivity index (χ1n) is 8.07. The molecule has 2 aliphatic rings. The number of hydrogen-bond acceptors (Lipinski definition) is 4. The molecule has 2 atom stereocenters. The molecule has 1 aromatic rings. The lowest BCUT2D eigenvalue weighted by Crippen LogP contribution is -2.48. The molecule has 6 nitrogen and oxygen atoms in total. The van der Waals surface area contributed by atoms with Gasteiger partial charge in [-0.3, -0.25) is 9.59 Å². The molecule has 0 aliphatic carbocycles. The monoisotopic (exact) mass is 318 g/mol. The Hall–Kier alpha value is -2.24. The predicted molar refractivity (Wildman–Crippen MR) is 84.0 cm³/mol. The van der Waals surface area contributed by atoms with Crippen molar-refractivity contribution in [1.82, 2.24) is 10.2 Å². The largest absolute Gasteiger partial charge is 0.454 e. The Morgan fingerprint density at radius 2 is 2.17 bits per heavy atom. The zero-order valence-corrected chi connectivity index (χ0v) is 13.5. The van der Waals surface area contributed by atoms with Crippen LogP contribution in [0.1, 0.15) is 38.7 Å². The maximum Gasteiger partial charge on any atom is 0.243 e. The zero-order valence-electron chi connectivity index (χ0n) is 13.5. The minimum atomic E-state index is -0.355. The third kappa shape index (κ3) is 3.11. The van der Waals surface area contributed by atoms with Gasteiger partial charge in [0.25, 0.3) is 0 Å². The maximum atomic E-state index is 12.5. The van der Waals surface area contributed by atoms with Crippen LogP contribution in [-0.4, -0.2) is 35.6 Å². The Bertz CT molecular complexity index is 617. The average molecular weight is 318 g/mol. The molecule has 0 spiro atoms. The van der Waals surface area contributed by atoms with E-state index in [1.807, 2.05) is 32.0 Å². The van der Waals surface area contributed by atoms with Gasteiger partial charge in [-0.05, 0) is 37.5 Å². The highest BCUT2D eigenvalue weighted by atomic mass is 16.7. The second kappa shape index (κ2) is 6.48. The first kappa shape index (κ1) is 15.6. The van der Waals surface area contributed by atoms with Crippen LogP contribution in [0.15, 0.2) is 18.2 Å². The molecule has 124 valence electrons.